The minimum atomic E-state index is -0.676. The predicted octanol–water partition coefficient (Wildman–Crippen LogP) is 4.31. The quantitative estimate of drug-likeness (QED) is 0.531. The Morgan fingerprint density at radius 1 is 1.13 bits per heavy atom. The van der Waals surface area contributed by atoms with Gasteiger partial charge in [0.15, 0.2) is 5.78 Å². The molecule has 31 heavy (non-hydrogen) atoms. The van der Waals surface area contributed by atoms with Crippen molar-refractivity contribution in [3.63, 3.8) is 0 Å². The molecule has 6 heteroatoms. The standard InChI is InChI=1S/C25H26N2O3S/c1-5-15(4)26-24(29)20-18-12-14(3)16-11-13(2)8-9-17(16)27(18)22(21(20)25(26)30)23(28)19-7-6-10-31-19/h6-12,15,18,20-22H,5H2,1-4H3/t15-,18-,20+,21+,22-/m0/s1. The normalized spacial score (nSPS) is 27.7. The number of amides is 2. The lowest BCUT2D eigenvalue weighted by Crippen LogP contribution is -2.50. The molecule has 2 saturated heterocycles. The number of thiophene rings is 1. The van der Waals surface area contributed by atoms with Gasteiger partial charge in [0.1, 0.15) is 6.04 Å². The van der Waals surface area contributed by atoms with E-state index in [9.17, 15) is 14.4 Å². The van der Waals surface area contributed by atoms with Gasteiger partial charge in [-0.1, -0.05) is 30.7 Å². The number of aryl methyl sites for hydroxylation is 1. The molecule has 5 atom stereocenters. The largest absolute Gasteiger partial charge is 0.352 e. The number of fused-ring (bicyclic) bond motifs is 5. The van der Waals surface area contributed by atoms with Crippen molar-refractivity contribution in [2.45, 2.75) is 52.2 Å². The van der Waals surface area contributed by atoms with Gasteiger partial charge < -0.3 is 4.90 Å². The fourth-order valence-electron chi connectivity index (χ4n) is 5.46. The summed E-state index contributed by atoms with van der Waals surface area (Å²) in [5, 5.41) is 1.88. The van der Waals surface area contributed by atoms with Crippen molar-refractivity contribution in [2.75, 3.05) is 4.90 Å². The van der Waals surface area contributed by atoms with Gasteiger partial charge in [0.05, 0.1) is 22.8 Å². The Kier molecular flexibility index (Phi) is 4.66. The number of benzene rings is 1. The third-order valence-corrected chi connectivity index (χ3v) is 7.99. The highest BCUT2D eigenvalue weighted by molar-refractivity contribution is 7.12. The number of nitrogens with zero attached hydrogens (tertiary/aromatic N) is 2. The number of likely N-dealkylation sites (tertiary alicyclic amines) is 1. The number of hydrogen-bond donors (Lipinski definition) is 0. The van der Waals surface area contributed by atoms with Crippen LogP contribution in [0.3, 0.4) is 0 Å². The van der Waals surface area contributed by atoms with Crippen LogP contribution in [0.25, 0.3) is 5.57 Å². The number of ketones is 1. The fraction of sp³-hybridized carbons (Fsp3) is 0.400. The smallest absolute Gasteiger partial charge is 0.236 e. The second kappa shape index (κ2) is 7.16. The molecule has 5 rings (SSSR count). The minimum Gasteiger partial charge on any atom is -0.352 e. The lowest BCUT2D eigenvalue weighted by molar-refractivity contribution is -0.142. The van der Waals surface area contributed by atoms with E-state index in [-0.39, 0.29) is 29.7 Å². The Bertz CT molecular complexity index is 1120. The Morgan fingerprint density at radius 2 is 1.87 bits per heavy atom. The zero-order valence-corrected chi connectivity index (χ0v) is 19.0. The zero-order chi connectivity index (χ0) is 22.0. The van der Waals surface area contributed by atoms with Gasteiger partial charge in [-0.2, -0.15) is 0 Å². The molecular formula is C25H26N2O3S. The van der Waals surface area contributed by atoms with E-state index in [4.69, 9.17) is 0 Å². The molecule has 0 N–H and O–H groups in total. The van der Waals surface area contributed by atoms with Gasteiger partial charge >= 0.3 is 0 Å². The average molecular weight is 435 g/mol. The van der Waals surface area contributed by atoms with E-state index in [0.29, 0.717) is 11.3 Å². The molecule has 3 aliphatic rings. The molecule has 3 aliphatic heterocycles. The molecule has 0 radical (unpaired) electrons. The summed E-state index contributed by atoms with van der Waals surface area (Å²) in [5.74, 6) is -1.59. The number of imide groups is 1. The number of carbonyl (C=O) groups is 3. The molecule has 0 bridgehead atoms. The van der Waals surface area contributed by atoms with Crippen LogP contribution < -0.4 is 4.90 Å². The maximum Gasteiger partial charge on any atom is 0.236 e. The lowest BCUT2D eigenvalue weighted by atomic mass is 9.86. The van der Waals surface area contributed by atoms with Crippen molar-refractivity contribution < 1.29 is 14.4 Å². The van der Waals surface area contributed by atoms with Gasteiger partial charge in [0.25, 0.3) is 0 Å². The maximum absolute atomic E-state index is 13.7. The van der Waals surface area contributed by atoms with Crippen LogP contribution in [0.5, 0.6) is 0 Å². The van der Waals surface area contributed by atoms with Gasteiger partial charge in [0, 0.05) is 17.3 Å². The maximum atomic E-state index is 13.7. The van der Waals surface area contributed by atoms with Crippen LogP contribution in [0, 0.1) is 18.8 Å². The first-order valence-electron chi connectivity index (χ1n) is 10.9. The lowest BCUT2D eigenvalue weighted by Gasteiger charge is -2.38. The number of Topliss-reactive ketones (excluding diaryl/α,β-unsaturated/α-hetero) is 1. The summed E-state index contributed by atoms with van der Waals surface area (Å²) in [6.07, 6.45) is 2.79. The molecule has 0 saturated carbocycles. The van der Waals surface area contributed by atoms with E-state index in [2.05, 4.69) is 17.0 Å². The van der Waals surface area contributed by atoms with Crippen LogP contribution in [0.1, 0.15) is 48.0 Å². The molecule has 2 fully saturated rings. The number of hydrogen-bond acceptors (Lipinski definition) is 5. The second-order valence-corrected chi connectivity index (χ2v) is 9.86. The number of anilines is 1. The van der Waals surface area contributed by atoms with Gasteiger partial charge in [0.2, 0.25) is 11.8 Å². The molecule has 2 amide bonds. The summed E-state index contributed by atoms with van der Waals surface area (Å²) < 4.78 is 0. The van der Waals surface area contributed by atoms with Crippen molar-refractivity contribution in [3.8, 4) is 0 Å². The summed E-state index contributed by atoms with van der Waals surface area (Å²) in [4.78, 5) is 44.9. The summed E-state index contributed by atoms with van der Waals surface area (Å²) in [5.41, 5.74) is 4.24. The fourth-order valence-corrected chi connectivity index (χ4v) is 6.16. The number of allylic oxidation sites excluding steroid dienone is 1. The molecule has 4 heterocycles. The van der Waals surface area contributed by atoms with E-state index >= 15 is 0 Å². The zero-order valence-electron chi connectivity index (χ0n) is 18.2. The summed E-state index contributed by atoms with van der Waals surface area (Å²) >= 11 is 1.39. The third-order valence-electron chi connectivity index (χ3n) is 7.10. The highest BCUT2D eigenvalue weighted by Crippen LogP contribution is 2.51. The van der Waals surface area contributed by atoms with Crippen molar-refractivity contribution in [1.82, 2.24) is 4.90 Å². The second-order valence-electron chi connectivity index (χ2n) is 8.91. The van der Waals surface area contributed by atoms with Crippen LogP contribution in [0.15, 0.2) is 41.8 Å². The first-order valence-corrected chi connectivity index (χ1v) is 11.8. The van der Waals surface area contributed by atoms with E-state index in [0.717, 1.165) is 22.4 Å². The Morgan fingerprint density at radius 3 is 2.55 bits per heavy atom. The summed E-state index contributed by atoms with van der Waals surface area (Å²) in [6, 6.07) is 8.71. The number of rotatable bonds is 4. The van der Waals surface area contributed by atoms with E-state index in [1.807, 2.05) is 57.3 Å². The topological polar surface area (TPSA) is 57.7 Å². The molecule has 0 aliphatic carbocycles. The molecule has 1 aromatic carbocycles. The highest BCUT2D eigenvalue weighted by Gasteiger charge is 2.64. The van der Waals surface area contributed by atoms with Gasteiger partial charge in [-0.15, -0.1) is 11.3 Å². The molecule has 0 unspecified atom stereocenters. The number of carbonyl (C=O) groups excluding carboxylic acids is 3. The molecule has 0 spiro atoms. The predicted molar refractivity (Wildman–Crippen MR) is 122 cm³/mol. The van der Waals surface area contributed by atoms with Gasteiger partial charge in [-0.25, -0.2) is 0 Å². The summed E-state index contributed by atoms with van der Waals surface area (Å²) in [6.45, 7) is 7.98. The van der Waals surface area contributed by atoms with E-state index < -0.39 is 17.9 Å². The van der Waals surface area contributed by atoms with Crippen molar-refractivity contribution in [3.05, 3.63) is 57.8 Å². The Balaban J connectivity index is 1.69. The monoisotopic (exact) mass is 434 g/mol. The first kappa shape index (κ1) is 20.2. The average Bonchev–Trinajstić information content (AvgIpc) is 3.44. The van der Waals surface area contributed by atoms with E-state index in [1.54, 1.807) is 0 Å². The third kappa shape index (κ3) is 2.77. The summed E-state index contributed by atoms with van der Waals surface area (Å²) in [7, 11) is 0. The molecule has 1 aromatic heterocycles. The van der Waals surface area contributed by atoms with Crippen LogP contribution in [0.2, 0.25) is 0 Å². The highest BCUT2D eigenvalue weighted by atomic mass is 32.1. The van der Waals surface area contributed by atoms with Crippen LogP contribution in [-0.4, -0.2) is 40.6 Å². The van der Waals surface area contributed by atoms with Crippen LogP contribution in [0.4, 0.5) is 5.69 Å². The van der Waals surface area contributed by atoms with Crippen LogP contribution >= 0.6 is 11.3 Å². The minimum absolute atomic E-state index is 0.0703. The van der Waals surface area contributed by atoms with E-state index in [1.165, 1.54) is 16.2 Å². The van der Waals surface area contributed by atoms with Gasteiger partial charge in [-0.3, -0.25) is 19.3 Å². The van der Waals surface area contributed by atoms with Crippen molar-refractivity contribution in [2.24, 2.45) is 11.8 Å². The van der Waals surface area contributed by atoms with Crippen LogP contribution in [-0.2, 0) is 9.59 Å². The van der Waals surface area contributed by atoms with Crippen molar-refractivity contribution >= 4 is 40.2 Å². The Hall–Kier alpha value is -2.73. The molecule has 2 aromatic rings. The molecule has 160 valence electrons. The molecule has 5 nitrogen and oxygen atoms in total. The first-order chi connectivity index (χ1) is 14.8. The van der Waals surface area contributed by atoms with Gasteiger partial charge in [-0.05, 0) is 56.3 Å². The van der Waals surface area contributed by atoms with Crippen molar-refractivity contribution in [1.29, 1.82) is 0 Å². The molecular weight excluding hydrogens is 408 g/mol. The SMILES string of the molecule is CC[C@H](C)N1C(=O)[C@@H]2[C@H](C1=O)[C@@H]1C=C(C)c3cc(C)ccc3N1[C@@H]2C(=O)c1cccs1. The Labute approximate surface area is 186 Å².